The van der Waals surface area contributed by atoms with Gasteiger partial charge < -0.3 is 14.8 Å². The first-order valence-electron chi connectivity index (χ1n) is 5.46. The van der Waals surface area contributed by atoms with Crippen LogP contribution >= 0.6 is 0 Å². The average molecular weight is 239 g/mol. The Bertz CT molecular complexity index is 424. The molecule has 0 saturated heterocycles. The lowest BCUT2D eigenvalue weighted by atomic mass is 9.87. The molecule has 5 heteroatoms. The Morgan fingerprint density at radius 2 is 2.18 bits per heavy atom. The number of hydrogen-bond donors (Lipinski definition) is 2. The standard InChI is InChI=1S/C12H17NO4/c1-4-12(3,11(15)16)7-13-10(14)9-5-6-17-8(9)2/h5-6H,4,7H2,1-3H3,(H,13,14)(H,15,16). The second-order valence-corrected chi connectivity index (χ2v) is 4.29. The summed E-state index contributed by atoms with van der Waals surface area (Å²) < 4.78 is 5.01. The van der Waals surface area contributed by atoms with Crippen LogP contribution in [0.2, 0.25) is 0 Å². The summed E-state index contributed by atoms with van der Waals surface area (Å²) in [5.74, 6) is -0.697. The number of aliphatic carboxylic acids is 1. The number of amides is 1. The summed E-state index contributed by atoms with van der Waals surface area (Å²) in [6.45, 7) is 5.18. The van der Waals surface area contributed by atoms with Gasteiger partial charge in [0.1, 0.15) is 5.76 Å². The van der Waals surface area contributed by atoms with E-state index in [-0.39, 0.29) is 12.5 Å². The summed E-state index contributed by atoms with van der Waals surface area (Å²) in [6, 6.07) is 1.56. The second-order valence-electron chi connectivity index (χ2n) is 4.29. The summed E-state index contributed by atoms with van der Waals surface area (Å²) in [5.41, 5.74) is -0.498. The zero-order chi connectivity index (χ0) is 13.1. The number of rotatable bonds is 5. The third-order valence-corrected chi connectivity index (χ3v) is 3.04. The van der Waals surface area contributed by atoms with Crippen molar-refractivity contribution in [3.8, 4) is 0 Å². The highest BCUT2D eigenvalue weighted by Gasteiger charge is 2.31. The van der Waals surface area contributed by atoms with Crippen molar-refractivity contribution >= 4 is 11.9 Å². The molecule has 1 aromatic rings. The molecule has 0 spiro atoms. The second kappa shape index (κ2) is 5.03. The van der Waals surface area contributed by atoms with Crippen LogP contribution in [-0.2, 0) is 4.79 Å². The van der Waals surface area contributed by atoms with Crippen LogP contribution in [0.15, 0.2) is 16.7 Å². The van der Waals surface area contributed by atoms with Crippen molar-refractivity contribution in [3.63, 3.8) is 0 Å². The van der Waals surface area contributed by atoms with E-state index in [1.165, 1.54) is 6.26 Å². The van der Waals surface area contributed by atoms with Gasteiger partial charge in [0.05, 0.1) is 17.2 Å². The Morgan fingerprint density at radius 1 is 1.53 bits per heavy atom. The number of carboxylic acid groups (broad SMARTS) is 1. The van der Waals surface area contributed by atoms with E-state index in [4.69, 9.17) is 9.52 Å². The van der Waals surface area contributed by atoms with Crippen molar-refractivity contribution in [1.82, 2.24) is 5.32 Å². The Morgan fingerprint density at radius 3 is 2.59 bits per heavy atom. The number of nitrogens with one attached hydrogen (secondary N) is 1. The number of carboxylic acids is 1. The van der Waals surface area contributed by atoms with Crippen LogP contribution in [0.1, 0.15) is 36.4 Å². The third-order valence-electron chi connectivity index (χ3n) is 3.04. The largest absolute Gasteiger partial charge is 0.481 e. The number of aryl methyl sites for hydroxylation is 1. The van der Waals surface area contributed by atoms with Gasteiger partial charge in [-0.3, -0.25) is 9.59 Å². The molecule has 1 heterocycles. The zero-order valence-corrected chi connectivity index (χ0v) is 10.2. The van der Waals surface area contributed by atoms with E-state index >= 15 is 0 Å². The first kappa shape index (κ1) is 13.3. The minimum absolute atomic E-state index is 0.0995. The summed E-state index contributed by atoms with van der Waals surface area (Å²) in [5, 5.41) is 11.7. The van der Waals surface area contributed by atoms with Crippen LogP contribution in [0.3, 0.4) is 0 Å². The van der Waals surface area contributed by atoms with Gasteiger partial charge in [-0.25, -0.2) is 0 Å². The summed E-state index contributed by atoms with van der Waals surface area (Å²) in [6.07, 6.45) is 1.88. The highest BCUT2D eigenvalue weighted by Crippen LogP contribution is 2.20. The van der Waals surface area contributed by atoms with Gasteiger partial charge in [-0.15, -0.1) is 0 Å². The van der Waals surface area contributed by atoms with E-state index in [1.54, 1.807) is 26.8 Å². The molecule has 0 bridgehead atoms. The van der Waals surface area contributed by atoms with E-state index in [2.05, 4.69) is 5.32 Å². The quantitative estimate of drug-likeness (QED) is 0.821. The molecular weight excluding hydrogens is 222 g/mol. The molecule has 17 heavy (non-hydrogen) atoms. The molecule has 1 unspecified atom stereocenters. The maximum absolute atomic E-state index is 11.7. The maximum Gasteiger partial charge on any atom is 0.311 e. The Labute approximate surface area is 99.8 Å². The molecule has 0 aliphatic rings. The monoisotopic (exact) mass is 239 g/mol. The topological polar surface area (TPSA) is 79.5 Å². The Hall–Kier alpha value is -1.78. The van der Waals surface area contributed by atoms with Crippen molar-refractivity contribution < 1.29 is 19.1 Å². The molecule has 0 aliphatic heterocycles. The van der Waals surface area contributed by atoms with Crippen molar-refractivity contribution in [3.05, 3.63) is 23.7 Å². The van der Waals surface area contributed by atoms with Crippen molar-refractivity contribution in [2.24, 2.45) is 5.41 Å². The Kier molecular flexibility index (Phi) is 3.93. The molecule has 1 aromatic heterocycles. The number of carbonyl (C=O) groups excluding carboxylic acids is 1. The molecule has 0 saturated carbocycles. The van der Waals surface area contributed by atoms with Gasteiger partial charge in [-0.05, 0) is 26.3 Å². The molecule has 0 aromatic carbocycles. The van der Waals surface area contributed by atoms with Gasteiger partial charge in [0, 0.05) is 6.54 Å². The highest BCUT2D eigenvalue weighted by atomic mass is 16.4. The number of carbonyl (C=O) groups is 2. The first-order valence-corrected chi connectivity index (χ1v) is 5.46. The molecule has 0 radical (unpaired) electrons. The summed E-state index contributed by atoms with van der Waals surface area (Å²) >= 11 is 0. The van der Waals surface area contributed by atoms with Crippen LogP contribution in [0.25, 0.3) is 0 Å². The molecule has 1 atom stereocenters. The van der Waals surface area contributed by atoms with Gasteiger partial charge in [-0.1, -0.05) is 6.92 Å². The normalized spacial score (nSPS) is 14.1. The molecule has 1 amide bonds. The number of furan rings is 1. The van der Waals surface area contributed by atoms with Gasteiger partial charge in [0.15, 0.2) is 0 Å². The molecular formula is C12H17NO4. The predicted molar refractivity (Wildman–Crippen MR) is 61.8 cm³/mol. The molecule has 2 N–H and O–H groups in total. The molecule has 1 rings (SSSR count). The van der Waals surface area contributed by atoms with E-state index in [1.807, 2.05) is 0 Å². The molecule has 0 fully saturated rings. The van der Waals surface area contributed by atoms with Gasteiger partial charge in [0.2, 0.25) is 0 Å². The first-order chi connectivity index (χ1) is 7.90. The third kappa shape index (κ3) is 2.87. The highest BCUT2D eigenvalue weighted by molar-refractivity contribution is 5.95. The minimum atomic E-state index is -0.937. The number of hydrogen-bond acceptors (Lipinski definition) is 3. The minimum Gasteiger partial charge on any atom is -0.481 e. The smallest absolute Gasteiger partial charge is 0.311 e. The zero-order valence-electron chi connectivity index (χ0n) is 10.2. The fourth-order valence-electron chi connectivity index (χ4n) is 1.34. The lowest BCUT2D eigenvalue weighted by Gasteiger charge is -2.23. The van der Waals surface area contributed by atoms with Gasteiger partial charge in [-0.2, -0.15) is 0 Å². The van der Waals surface area contributed by atoms with E-state index in [9.17, 15) is 9.59 Å². The van der Waals surface area contributed by atoms with Crippen molar-refractivity contribution in [1.29, 1.82) is 0 Å². The van der Waals surface area contributed by atoms with Crippen LogP contribution in [0.4, 0.5) is 0 Å². The van der Waals surface area contributed by atoms with Crippen molar-refractivity contribution in [2.75, 3.05) is 6.54 Å². The van der Waals surface area contributed by atoms with E-state index in [0.717, 1.165) is 0 Å². The summed E-state index contributed by atoms with van der Waals surface area (Å²) in [7, 11) is 0. The SMILES string of the molecule is CCC(C)(CNC(=O)c1ccoc1C)C(=O)O. The average Bonchev–Trinajstić information content (AvgIpc) is 2.71. The van der Waals surface area contributed by atoms with Crippen molar-refractivity contribution in [2.45, 2.75) is 27.2 Å². The van der Waals surface area contributed by atoms with E-state index in [0.29, 0.717) is 17.7 Å². The molecule has 5 nitrogen and oxygen atoms in total. The molecule has 94 valence electrons. The lowest BCUT2D eigenvalue weighted by Crippen LogP contribution is -2.40. The van der Waals surface area contributed by atoms with Gasteiger partial charge in [0.25, 0.3) is 5.91 Å². The molecule has 0 aliphatic carbocycles. The lowest BCUT2D eigenvalue weighted by molar-refractivity contribution is -0.147. The maximum atomic E-state index is 11.7. The fraction of sp³-hybridized carbons (Fsp3) is 0.500. The van der Waals surface area contributed by atoms with Crippen LogP contribution in [0, 0.1) is 12.3 Å². The fourth-order valence-corrected chi connectivity index (χ4v) is 1.34. The predicted octanol–water partition coefficient (Wildman–Crippen LogP) is 1.82. The Balaban J connectivity index is 2.66. The van der Waals surface area contributed by atoms with Crippen LogP contribution < -0.4 is 5.32 Å². The van der Waals surface area contributed by atoms with Crippen LogP contribution in [0.5, 0.6) is 0 Å². The summed E-state index contributed by atoms with van der Waals surface area (Å²) in [4.78, 5) is 22.8. The van der Waals surface area contributed by atoms with E-state index < -0.39 is 11.4 Å². The van der Waals surface area contributed by atoms with Crippen LogP contribution in [-0.4, -0.2) is 23.5 Å². The van der Waals surface area contributed by atoms with Gasteiger partial charge >= 0.3 is 5.97 Å².